The number of benzene rings is 2. The van der Waals surface area contributed by atoms with Crippen LogP contribution in [0.3, 0.4) is 0 Å². The van der Waals surface area contributed by atoms with E-state index in [9.17, 15) is 14.0 Å². The van der Waals surface area contributed by atoms with Gasteiger partial charge < -0.3 is 25.0 Å². The molecule has 0 fully saturated rings. The number of hydrogen-bond acceptors (Lipinski definition) is 6. The number of thiophene rings is 1. The monoisotopic (exact) mass is 482 g/mol. The molecular weight excluding hydrogens is 457 g/mol. The first-order valence-electron chi connectivity index (χ1n) is 11.2. The van der Waals surface area contributed by atoms with Crippen LogP contribution in [0.5, 0.6) is 11.5 Å². The Hall–Kier alpha value is -3.43. The van der Waals surface area contributed by atoms with Crippen molar-refractivity contribution < 1.29 is 28.4 Å². The van der Waals surface area contributed by atoms with E-state index >= 15 is 0 Å². The Morgan fingerprint density at radius 1 is 1.18 bits per heavy atom. The van der Waals surface area contributed by atoms with Crippen LogP contribution in [0.1, 0.15) is 49.8 Å². The van der Waals surface area contributed by atoms with E-state index in [0.29, 0.717) is 12.4 Å². The maximum Gasteiger partial charge on any atom is 0.343 e. The van der Waals surface area contributed by atoms with Crippen LogP contribution in [0.25, 0.3) is 0 Å². The number of rotatable bonds is 5. The molecule has 0 aliphatic carbocycles. The zero-order chi connectivity index (χ0) is 23.8. The quantitative estimate of drug-likeness (QED) is 0.385. The van der Waals surface area contributed by atoms with Crippen LogP contribution in [0.15, 0.2) is 42.5 Å². The number of anilines is 1. The molecule has 0 spiro atoms. The molecule has 1 amide bonds. The molecule has 2 atom stereocenters. The largest absolute Gasteiger partial charge is 0.490 e. The first kappa shape index (κ1) is 22.4. The fraction of sp³-hybridized carbons (Fsp3) is 0.280. The smallest absolute Gasteiger partial charge is 0.343 e. The van der Waals surface area contributed by atoms with Gasteiger partial charge in [-0.15, -0.1) is 11.3 Å². The van der Waals surface area contributed by atoms with Crippen molar-refractivity contribution in [2.24, 2.45) is 0 Å². The molecule has 2 aliphatic heterocycles. The average molecular weight is 483 g/mol. The van der Waals surface area contributed by atoms with Crippen molar-refractivity contribution in [1.29, 1.82) is 0 Å². The Morgan fingerprint density at radius 3 is 2.74 bits per heavy atom. The first-order chi connectivity index (χ1) is 16.4. The number of halogens is 1. The van der Waals surface area contributed by atoms with E-state index in [4.69, 9.17) is 9.47 Å². The molecular formula is C25H25FN3O4S+. The van der Waals surface area contributed by atoms with Crippen molar-refractivity contribution in [2.45, 2.75) is 26.1 Å². The predicted octanol–water partition coefficient (Wildman–Crippen LogP) is 2.93. The molecule has 1 unspecified atom stereocenters. The Kier molecular flexibility index (Phi) is 5.97. The average Bonchev–Trinajstić information content (AvgIpc) is 3.18. The minimum atomic E-state index is -0.612. The van der Waals surface area contributed by atoms with Gasteiger partial charge in [0.2, 0.25) is 0 Å². The van der Waals surface area contributed by atoms with Crippen LogP contribution >= 0.6 is 11.3 Å². The molecule has 0 bridgehead atoms. The third-order valence-corrected chi connectivity index (χ3v) is 7.18. The lowest BCUT2D eigenvalue weighted by atomic mass is 10.0. The van der Waals surface area contributed by atoms with Crippen molar-refractivity contribution in [2.75, 3.05) is 25.5 Å². The number of carbonyl (C=O) groups excluding carboxylic acids is 2. The van der Waals surface area contributed by atoms with Gasteiger partial charge in [-0.25, -0.2) is 9.18 Å². The second-order valence-electron chi connectivity index (χ2n) is 8.43. The molecule has 3 heterocycles. The summed E-state index contributed by atoms with van der Waals surface area (Å²) in [5.41, 5.74) is 2.93. The van der Waals surface area contributed by atoms with Crippen LogP contribution in [-0.2, 0) is 13.0 Å². The molecule has 176 valence electrons. The highest BCUT2D eigenvalue weighted by molar-refractivity contribution is 7.16. The SMILES string of the molecule is CCOc1cc([C@@H]2NC(=O)c3c(sc4c3CC[NH+](C)C4)N2)ccc1OC(=O)c1ccc(F)cc1. The Morgan fingerprint density at radius 2 is 1.97 bits per heavy atom. The van der Waals surface area contributed by atoms with Gasteiger partial charge in [0.15, 0.2) is 11.5 Å². The molecule has 7 nitrogen and oxygen atoms in total. The van der Waals surface area contributed by atoms with Gasteiger partial charge in [-0.3, -0.25) is 4.79 Å². The molecule has 0 radical (unpaired) electrons. The van der Waals surface area contributed by atoms with Gasteiger partial charge in [0.1, 0.15) is 23.5 Å². The summed E-state index contributed by atoms with van der Waals surface area (Å²) in [5.74, 6) is -0.492. The molecule has 5 rings (SSSR count). The Balaban J connectivity index is 1.39. The summed E-state index contributed by atoms with van der Waals surface area (Å²) >= 11 is 1.65. The lowest BCUT2D eigenvalue weighted by Gasteiger charge is -2.27. The van der Waals surface area contributed by atoms with Gasteiger partial charge >= 0.3 is 5.97 Å². The number of likely N-dealkylation sites (N-methyl/N-ethyl adjacent to an activating group) is 1. The first-order valence-corrected chi connectivity index (χ1v) is 12.0. The fourth-order valence-electron chi connectivity index (χ4n) is 4.30. The van der Waals surface area contributed by atoms with Gasteiger partial charge in [0, 0.05) is 6.42 Å². The van der Waals surface area contributed by atoms with Gasteiger partial charge in [0.25, 0.3) is 5.91 Å². The van der Waals surface area contributed by atoms with E-state index in [1.807, 2.05) is 6.92 Å². The molecule has 3 aromatic rings. The van der Waals surface area contributed by atoms with Crippen molar-refractivity contribution in [3.8, 4) is 11.5 Å². The number of esters is 1. The number of fused-ring (bicyclic) bond motifs is 3. The van der Waals surface area contributed by atoms with Crippen molar-refractivity contribution >= 4 is 28.2 Å². The van der Waals surface area contributed by atoms with E-state index < -0.39 is 18.0 Å². The highest BCUT2D eigenvalue weighted by Gasteiger charge is 2.34. The van der Waals surface area contributed by atoms with E-state index in [2.05, 4.69) is 17.7 Å². The third-order valence-electron chi connectivity index (χ3n) is 6.02. The predicted molar refractivity (Wildman–Crippen MR) is 126 cm³/mol. The summed E-state index contributed by atoms with van der Waals surface area (Å²) in [6, 6.07) is 10.3. The van der Waals surface area contributed by atoms with Crippen LogP contribution < -0.4 is 25.0 Å². The van der Waals surface area contributed by atoms with Crippen molar-refractivity contribution in [3.05, 3.63) is 75.4 Å². The number of nitrogens with one attached hydrogen (secondary N) is 3. The molecule has 2 aromatic carbocycles. The molecule has 34 heavy (non-hydrogen) atoms. The lowest BCUT2D eigenvalue weighted by molar-refractivity contribution is -0.895. The molecule has 0 saturated heterocycles. The van der Waals surface area contributed by atoms with Crippen LogP contribution in [0, 0.1) is 5.82 Å². The van der Waals surface area contributed by atoms with Crippen molar-refractivity contribution in [1.82, 2.24) is 5.32 Å². The van der Waals surface area contributed by atoms with Crippen molar-refractivity contribution in [3.63, 3.8) is 0 Å². The number of carbonyl (C=O) groups is 2. The topological polar surface area (TPSA) is 81.1 Å². The summed E-state index contributed by atoms with van der Waals surface area (Å²) in [5, 5.41) is 7.39. The molecule has 0 saturated carbocycles. The number of ether oxygens (including phenoxy) is 2. The van der Waals surface area contributed by atoms with Gasteiger partial charge in [-0.1, -0.05) is 6.07 Å². The maximum atomic E-state index is 13.2. The zero-order valence-electron chi connectivity index (χ0n) is 18.9. The van der Waals surface area contributed by atoms with E-state index in [1.165, 1.54) is 34.0 Å². The minimum absolute atomic E-state index is 0.0828. The summed E-state index contributed by atoms with van der Waals surface area (Å²) in [4.78, 5) is 28.2. The summed E-state index contributed by atoms with van der Waals surface area (Å²) < 4.78 is 24.4. The number of amides is 1. The minimum Gasteiger partial charge on any atom is -0.490 e. The molecule has 1 aromatic heterocycles. The summed E-state index contributed by atoms with van der Waals surface area (Å²) in [6.07, 6.45) is 0.460. The molecule has 2 aliphatic rings. The highest BCUT2D eigenvalue weighted by Crippen LogP contribution is 2.40. The van der Waals surface area contributed by atoms with Crippen LogP contribution in [0.4, 0.5) is 9.39 Å². The summed E-state index contributed by atoms with van der Waals surface area (Å²) in [7, 11) is 2.16. The standard InChI is InChI=1S/C25H24FN3O4S/c1-3-32-19-12-15(6-9-18(19)33-25(31)14-4-7-16(26)8-5-14)22-27-23(30)21-17-10-11-29(2)13-20(17)34-24(21)28-22/h4-9,12,22,28H,3,10-11,13H2,1-2H3,(H,27,30)/p+1/t22-/m1/s1. The van der Waals surface area contributed by atoms with Gasteiger partial charge in [0.05, 0.1) is 36.2 Å². The fourth-order valence-corrected chi connectivity index (χ4v) is 5.69. The van der Waals surface area contributed by atoms with Gasteiger partial charge in [-0.05, 0) is 54.4 Å². The van der Waals surface area contributed by atoms with Crippen LogP contribution in [-0.4, -0.2) is 32.1 Å². The maximum absolute atomic E-state index is 13.2. The number of quaternary nitrogens is 1. The van der Waals surface area contributed by atoms with E-state index in [1.54, 1.807) is 29.5 Å². The normalized spacial score (nSPS) is 18.9. The Bertz CT molecular complexity index is 1260. The zero-order valence-corrected chi connectivity index (χ0v) is 19.7. The third kappa shape index (κ3) is 4.24. The number of hydrogen-bond donors (Lipinski definition) is 3. The molecule has 3 N–H and O–H groups in total. The Labute approximate surface area is 200 Å². The summed E-state index contributed by atoms with van der Waals surface area (Å²) in [6.45, 7) is 4.14. The second kappa shape index (κ2) is 9.08. The molecule has 9 heteroatoms. The lowest BCUT2D eigenvalue weighted by Crippen LogP contribution is -3.08. The van der Waals surface area contributed by atoms with E-state index in [0.717, 1.165) is 41.2 Å². The second-order valence-corrected chi connectivity index (χ2v) is 9.53. The van der Waals surface area contributed by atoms with E-state index in [-0.39, 0.29) is 17.2 Å². The van der Waals surface area contributed by atoms with Crippen LogP contribution in [0.2, 0.25) is 0 Å². The van der Waals surface area contributed by atoms with Gasteiger partial charge in [-0.2, -0.15) is 0 Å². The highest BCUT2D eigenvalue weighted by atomic mass is 32.1.